The summed E-state index contributed by atoms with van der Waals surface area (Å²) < 4.78 is 12.6. The molecule has 2 aliphatic carbocycles. The van der Waals surface area contributed by atoms with Crippen LogP contribution in [0.4, 0.5) is 4.79 Å². The molecule has 4 aliphatic rings. The predicted molar refractivity (Wildman–Crippen MR) is 239 cm³/mol. The van der Waals surface area contributed by atoms with Gasteiger partial charge in [-0.2, -0.15) is 5.26 Å². The molecule has 0 bridgehead atoms. The van der Waals surface area contributed by atoms with Gasteiger partial charge in [0, 0.05) is 50.3 Å². The van der Waals surface area contributed by atoms with Crippen molar-refractivity contribution in [3.63, 3.8) is 0 Å². The van der Waals surface area contributed by atoms with Crippen LogP contribution in [0.15, 0.2) is 58.5 Å². The first kappa shape index (κ1) is 44.8. The lowest BCUT2D eigenvalue weighted by molar-refractivity contribution is -0.119. The number of primary amides is 2. The third kappa shape index (κ3) is 10.7. The molecule has 4 N–H and O–H groups in total. The van der Waals surface area contributed by atoms with E-state index in [0.29, 0.717) is 17.3 Å². The van der Waals surface area contributed by atoms with E-state index in [1.165, 1.54) is 97.0 Å². The van der Waals surface area contributed by atoms with Crippen LogP contribution in [0, 0.1) is 11.5 Å². The minimum absolute atomic E-state index is 0.0228. The number of methoxy groups -OCH3 is 1. The first-order valence-corrected chi connectivity index (χ1v) is 23.3. The number of likely N-dealkylation sites (tertiary alicyclic amines) is 2. The van der Waals surface area contributed by atoms with Gasteiger partial charge < -0.3 is 39.7 Å². The number of para-hydroxylation sites is 4. The van der Waals surface area contributed by atoms with Gasteiger partial charge in [-0.3, -0.25) is 14.2 Å². The van der Waals surface area contributed by atoms with Gasteiger partial charge in [0.1, 0.15) is 13.1 Å². The van der Waals surface area contributed by atoms with Crippen molar-refractivity contribution >= 4 is 40.0 Å². The first-order valence-electron chi connectivity index (χ1n) is 23.3. The monoisotopic (exact) mass is 850 g/mol. The van der Waals surface area contributed by atoms with Crippen LogP contribution in [0.25, 0.3) is 22.1 Å². The molecule has 2 saturated carbocycles. The molecule has 15 heteroatoms. The maximum absolute atomic E-state index is 12.1. The molecular weight excluding hydrogens is 783 g/mol. The summed E-state index contributed by atoms with van der Waals surface area (Å²) in [7, 11) is 1.31. The first-order chi connectivity index (χ1) is 30.3. The topological polar surface area (TPSA) is 187 Å². The van der Waals surface area contributed by atoms with Crippen molar-refractivity contribution in [2.24, 2.45) is 21.5 Å². The van der Waals surface area contributed by atoms with E-state index in [-0.39, 0.29) is 25.2 Å². The fraction of sp³-hybridized carbons (Fsp3) is 0.617. The number of carbonyl (C=O) groups is 3. The molecular formula is C47H67N11O4. The lowest BCUT2D eigenvalue weighted by Gasteiger charge is -2.39. The van der Waals surface area contributed by atoms with Crippen LogP contribution in [0.3, 0.4) is 0 Å². The number of nitrogens with two attached hydrogens (primary N) is 2. The van der Waals surface area contributed by atoms with Crippen molar-refractivity contribution in [3.8, 4) is 6.19 Å². The van der Waals surface area contributed by atoms with Gasteiger partial charge in [0.15, 0.2) is 0 Å². The molecule has 8 rings (SSSR count). The maximum Gasteiger partial charge on any atom is 0.436 e. The zero-order valence-electron chi connectivity index (χ0n) is 36.7. The average Bonchev–Trinajstić information content (AvgIpc) is 3.71. The number of benzene rings is 2. The highest BCUT2D eigenvalue weighted by atomic mass is 16.5. The number of rotatable bonds is 8. The number of nitrogens with zero attached hydrogens (tertiary/aromatic N) is 9. The second kappa shape index (κ2) is 21.7. The van der Waals surface area contributed by atoms with Crippen LogP contribution >= 0.6 is 0 Å². The Labute approximate surface area is 365 Å². The normalized spacial score (nSPS) is 20.5. The largest absolute Gasteiger partial charge is 0.451 e. The number of hydrogen-bond acceptors (Lipinski definition) is 8. The molecule has 15 nitrogen and oxygen atoms in total. The summed E-state index contributed by atoms with van der Waals surface area (Å²) in [5.41, 5.74) is 15.7. The van der Waals surface area contributed by atoms with Crippen LogP contribution < -0.4 is 22.7 Å². The summed E-state index contributed by atoms with van der Waals surface area (Å²) in [6.07, 6.45) is 24.2. The van der Waals surface area contributed by atoms with E-state index in [0.717, 1.165) is 80.0 Å². The van der Waals surface area contributed by atoms with E-state index in [2.05, 4.69) is 28.9 Å². The summed E-state index contributed by atoms with van der Waals surface area (Å²) in [4.78, 5) is 49.3. The zero-order valence-corrected chi connectivity index (χ0v) is 36.7. The van der Waals surface area contributed by atoms with E-state index in [1.807, 2.05) is 54.7 Å². The Balaban J connectivity index is 0.000000187. The van der Waals surface area contributed by atoms with Crippen molar-refractivity contribution in [3.05, 3.63) is 59.8 Å². The van der Waals surface area contributed by atoms with Gasteiger partial charge in [-0.15, -0.1) is 9.98 Å². The number of imidazole rings is 2. The second-order valence-electron chi connectivity index (χ2n) is 17.7. The minimum atomic E-state index is -0.681. The Hall–Kier alpha value is -5.20. The van der Waals surface area contributed by atoms with Crippen LogP contribution in [-0.2, 0) is 27.4 Å². The van der Waals surface area contributed by atoms with Gasteiger partial charge in [0.05, 0.1) is 29.2 Å². The summed E-state index contributed by atoms with van der Waals surface area (Å²) in [5, 5.41) is 9.32. The van der Waals surface area contributed by atoms with Gasteiger partial charge in [-0.25, -0.2) is 4.79 Å². The maximum atomic E-state index is 12.1. The molecule has 4 heterocycles. The predicted octanol–water partition coefficient (Wildman–Crippen LogP) is 6.40. The number of ether oxygens (including phenoxy) is 1. The quantitative estimate of drug-likeness (QED) is 0.192. The summed E-state index contributed by atoms with van der Waals surface area (Å²) in [6, 6.07) is 17.7. The molecule has 2 aliphatic heterocycles. The molecule has 2 aromatic heterocycles. The zero-order chi connectivity index (χ0) is 43.4. The average molecular weight is 850 g/mol. The van der Waals surface area contributed by atoms with E-state index in [4.69, 9.17) is 16.2 Å². The van der Waals surface area contributed by atoms with Gasteiger partial charge in [0.25, 0.3) is 0 Å². The smallest absolute Gasteiger partial charge is 0.436 e. The van der Waals surface area contributed by atoms with E-state index in [9.17, 15) is 19.6 Å². The van der Waals surface area contributed by atoms with E-state index >= 15 is 0 Å². The standard InChI is InChI=1S/C24H35N5O3.C23H32N6O/c1-32-24(31)26-23-28(17-22(25)30)20-11-7-8-12-21(20)29(23)19-13-15-27(16-14-19)18-9-5-3-2-4-6-10-18;24-17-26-23-28(16-22(25)30)20-10-6-7-11-21(20)29(23)19-12-14-27(15-13-19)18-8-4-2-1-3-5-9-18/h7-8,11-12,18-19H,2-6,9-10,13-17H2,1H3,(H2,25,30);6-7,10-11,18-19H,1-5,8-9,12-16H2,(H2,25,30). The van der Waals surface area contributed by atoms with Gasteiger partial charge in [-0.1, -0.05) is 88.5 Å². The summed E-state index contributed by atoms with van der Waals surface area (Å²) in [5.74, 6) is -0.908. The minimum Gasteiger partial charge on any atom is -0.451 e. The Morgan fingerprint density at radius 1 is 0.581 bits per heavy atom. The van der Waals surface area contributed by atoms with Gasteiger partial charge in [0.2, 0.25) is 29.2 Å². The molecule has 2 saturated heterocycles. The Morgan fingerprint density at radius 3 is 1.34 bits per heavy atom. The molecule has 4 aromatic rings. The SMILES string of the molecule is COC(=O)N=c1n(CC(N)=O)c2ccccc2n1C1CCN(C2CCCCCCC2)CC1.N#CN=c1n(CC(N)=O)c2ccccc2n1C1CCN(C2CCCCCCC2)CC1. The fourth-order valence-electron chi connectivity index (χ4n) is 10.8. The molecule has 3 amide bonds. The number of hydrogen-bond donors (Lipinski definition) is 2. The Bertz CT molecular complexity index is 2320. The molecule has 334 valence electrons. The van der Waals surface area contributed by atoms with Gasteiger partial charge >= 0.3 is 6.09 Å². The highest BCUT2D eigenvalue weighted by Crippen LogP contribution is 2.32. The highest BCUT2D eigenvalue weighted by molar-refractivity contribution is 5.81. The number of carbonyl (C=O) groups excluding carboxylic acids is 3. The van der Waals surface area contributed by atoms with Crippen molar-refractivity contribution in [1.29, 1.82) is 5.26 Å². The lowest BCUT2D eigenvalue weighted by atomic mass is 9.93. The van der Waals surface area contributed by atoms with E-state index < -0.39 is 17.9 Å². The second-order valence-corrected chi connectivity index (χ2v) is 17.7. The molecule has 0 spiro atoms. The summed E-state index contributed by atoms with van der Waals surface area (Å²) >= 11 is 0. The van der Waals surface area contributed by atoms with Gasteiger partial charge in [-0.05, 0) is 75.6 Å². The third-order valence-corrected chi connectivity index (χ3v) is 13.8. The number of amides is 3. The highest BCUT2D eigenvalue weighted by Gasteiger charge is 2.30. The third-order valence-electron chi connectivity index (χ3n) is 13.8. The van der Waals surface area contributed by atoms with Crippen molar-refractivity contribution in [1.82, 2.24) is 28.1 Å². The molecule has 2 aromatic carbocycles. The number of fused-ring (bicyclic) bond motifs is 2. The molecule has 0 radical (unpaired) electrons. The van der Waals surface area contributed by atoms with Crippen LogP contribution in [0.5, 0.6) is 0 Å². The Kier molecular flexibility index (Phi) is 15.7. The number of piperidine rings is 2. The molecule has 4 fully saturated rings. The van der Waals surface area contributed by atoms with Crippen LogP contribution in [-0.4, -0.2) is 91.3 Å². The number of nitriles is 1. The number of aromatic nitrogens is 4. The molecule has 0 atom stereocenters. The molecule has 0 unspecified atom stereocenters. The van der Waals surface area contributed by atoms with Crippen molar-refractivity contribution in [2.75, 3.05) is 33.3 Å². The van der Waals surface area contributed by atoms with Crippen molar-refractivity contribution in [2.45, 2.75) is 153 Å². The van der Waals surface area contributed by atoms with Crippen LogP contribution in [0.1, 0.15) is 128 Å². The Morgan fingerprint density at radius 2 is 0.952 bits per heavy atom. The summed E-state index contributed by atoms with van der Waals surface area (Å²) in [6.45, 7) is 4.21. The lowest BCUT2D eigenvalue weighted by Crippen LogP contribution is -2.44. The fourth-order valence-corrected chi connectivity index (χ4v) is 10.8. The van der Waals surface area contributed by atoms with Crippen LogP contribution in [0.2, 0.25) is 0 Å². The van der Waals surface area contributed by atoms with E-state index in [1.54, 1.807) is 9.13 Å². The van der Waals surface area contributed by atoms with Crippen molar-refractivity contribution < 1.29 is 19.1 Å². The molecule has 62 heavy (non-hydrogen) atoms.